The molecule has 2 heterocycles. The average molecular weight is 676 g/mol. The number of ether oxygens (including phenoxy) is 3. The number of unbranched alkanes of at least 4 members (excludes halogenated alkanes) is 2. The molecule has 48 heavy (non-hydrogen) atoms. The molecule has 1 aliphatic carbocycles. The third-order valence-corrected chi connectivity index (χ3v) is 10.7. The topological polar surface area (TPSA) is 140 Å². The summed E-state index contributed by atoms with van der Waals surface area (Å²) in [7, 11) is 3.32. The number of carboxylic acids is 1. The zero-order valence-electron chi connectivity index (χ0n) is 30.0. The quantitative estimate of drug-likeness (QED) is 0.0970. The van der Waals surface area contributed by atoms with Gasteiger partial charge in [0.1, 0.15) is 11.8 Å². The van der Waals surface area contributed by atoms with Crippen LogP contribution in [0.25, 0.3) is 0 Å². The van der Waals surface area contributed by atoms with Gasteiger partial charge in [-0.15, -0.1) is 0 Å². The number of hydrogen-bond acceptors (Lipinski definition) is 8. The van der Waals surface area contributed by atoms with Gasteiger partial charge in [0.15, 0.2) is 11.9 Å². The van der Waals surface area contributed by atoms with Crippen molar-refractivity contribution in [3.05, 3.63) is 23.3 Å². The summed E-state index contributed by atoms with van der Waals surface area (Å²) in [4.78, 5) is 51.9. The van der Waals surface area contributed by atoms with Crippen LogP contribution in [-0.2, 0) is 33.4 Å². The smallest absolute Gasteiger partial charge is 0.326 e. The van der Waals surface area contributed by atoms with E-state index in [1.165, 1.54) is 25.5 Å². The van der Waals surface area contributed by atoms with E-state index in [1.807, 2.05) is 13.0 Å². The van der Waals surface area contributed by atoms with Crippen molar-refractivity contribution in [3.63, 3.8) is 0 Å². The van der Waals surface area contributed by atoms with Crippen molar-refractivity contribution < 1.29 is 43.6 Å². The van der Waals surface area contributed by atoms with Crippen LogP contribution in [0, 0.1) is 11.8 Å². The number of methoxy groups -OCH3 is 2. The molecule has 2 N–H and O–H groups in total. The number of hydrogen-bond donors (Lipinski definition) is 2. The molecule has 0 aromatic heterocycles. The molecular weight excluding hydrogens is 614 g/mol. The third-order valence-electron chi connectivity index (χ3n) is 10.7. The summed E-state index contributed by atoms with van der Waals surface area (Å²) in [5, 5.41) is 21.1. The maximum atomic E-state index is 13.4. The molecule has 1 amide bonds. The normalized spacial score (nSPS) is 30.2. The van der Waals surface area contributed by atoms with Gasteiger partial charge in [0.2, 0.25) is 0 Å². The lowest BCUT2D eigenvalue weighted by Gasteiger charge is -2.44. The fraction of sp³-hybridized carbons (Fsp3) is 0.789. The Kier molecular flexibility index (Phi) is 16.4. The van der Waals surface area contributed by atoms with Crippen molar-refractivity contribution in [2.24, 2.45) is 11.8 Å². The summed E-state index contributed by atoms with van der Waals surface area (Å²) in [5.74, 6) is -2.57. The van der Waals surface area contributed by atoms with Crippen molar-refractivity contribution in [1.29, 1.82) is 0 Å². The van der Waals surface area contributed by atoms with Crippen LogP contribution in [0.15, 0.2) is 23.3 Å². The lowest BCUT2D eigenvalue weighted by atomic mass is 9.77. The van der Waals surface area contributed by atoms with E-state index >= 15 is 0 Å². The molecule has 1 saturated carbocycles. The van der Waals surface area contributed by atoms with Gasteiger partial charge in [0.25, 0.3) is 11.7 Å². The number of piperidine rings is 1. The Labute approximate surface area is 287 Å². The molecule has 10 heteroatoms. The van der Waals surface area contributed by atoms with Crippen LogP contribution in [0.4, 0.5) is 0 Å². The van der Waals surface area contributed by atoms with Crippen LogP contribution in [0.1, 0.15) is 130 Å². The minimum Gasteiger partial charge on any atom is -0.480 e. The van der Waals surface area contributed by atoms with E-state index in [0.717, 1.165) is 61.8 Å². The highest BCUT2D eigenvalue weighted by Crippen LogP contribution is 2.38. The predicted molar refractivity (Wildman–Crippen MR) is 183 cm³/mol. The maximum absolute atomic E-state index is 13.4. The second-order valence-corrected chi connectivity index (χ2v) is 14.5. The molecule has 2 saturated heterocycles. The predicted octanol–water partition coefficient (Wildman–Crippen LogP) is 6.33. The number of carbonyl (C=O) groups is 4. The minimum absolute atomic E-state index is 0.00364. The number of aliphatic hydroxyl groups is 1. The summed E-state index contributed by atoms with van der Waals surface area (Å²) in [5.41, 5.74) is 0.515. The molecule has 3 fully saturated rings. The number of carbonyl (C=O) groups excluding carboxylic acids is 3. The molecule has 3 rings (SSSR count). The molecular formula is C38H61NO9. The molecule has 272 valence electrons. The zero-order chi connectivity index (χ0) is 35.3. The number of amides is 1. The summed E-state index contributed by atoms with van der Waals surface area (Å²) in [6.07, 6.45) is 16.6. The molecule has 0 aromatic rings. The average Bonchev–Trinajstić information content (AvgIpc) is 3.08. The van der Waals surface area contributed by atoms with E-state index in [1.54, 1.807) is 14.0 Å². The molecule has 7 atom stereocenters. The van der Waals surface area contributed by atoms with Gasteiger partial charge in [-0.25, -0.2) is 4.79 Å². The van der Waals surface area contributed by atoms with Gasteiger partial charge in [-0.3, -0.25) is 14.4 Å². The minimum atomic E-state index is -2.06. The first kappa shape index (κ1) is 40.0. The largest absolute Gasteiger partial charge is 0.480 e. The van der Waals surface area contributed by atoms with Gasteiger partial charge < -0.3 is 29.3 Å². The van der Waals surface area contributed by atoms with Crippen LogP contribution >= 0.6 is 0 Å². The lowest BCUT2D eigenvalue weighted by Crippen LogP contribution is -2.62. The Bertz CT molecular complexity index is 1150. The standard InChI is InChI=1S/C38H61NO9/c1-26(20-21-31(40)17-9-7-14-27(2)23-29-15-12-18-32(24-29)46-4)13-6-8-16-30-25-38(45,28(3)48-37(30)47-5)34(41)35(42)39-22-11-10-19-33(39)36(43)44/h20,23,28-30,32-33,37,45H,6-19,21-22,24-25H2,1-5H3,(H,43,44)/b26-20+,27-23+/t28-,29?,30-,32-,33?,37-,38-/m0/s1. The van der Waals surface area contributed by atoms with Crippen LogP contribution in [0.2, 0.25) is 0 Å². The Balaban J connectivity index is 1.39. The number of nitrogens with zero attached hydrogens (tertiary/aromatic N) is 1. The molecule has 0 radical (unpaired) electrons. The number of rotatable bonds is 18. The first-order chi connectivity index (χ1) is 22.9. The van der Waals surface area contributed by atoms with Crippen molar-refractivity contribution in [3.8, 4) is 0 Å². The van der Waals surface area contributed by atoms with Gasteiger partial charge in [-0.2, -0.15) is 0 Å². The second-order valence-electron chi connectivity index (χ2n) is 14.5. The van der Waals surface area contributed by atoms with Crippen LogP contribution < -0.4 is 0 Å². The highest BCUT2D eigenvalue weighted by atomic mass is 16.7. The SMILES string of the molecule is CO[C@H]1CCCC(/C=C(\C)CCCCC(=O)C/C=C(\C)CCCC[C@H]2C[C@@](O)(C(=O)C(=O)N3CCCCC3C(=O)O)[C@H](C)O[C@@H]2OC)C1. The molecule has 0 bridgehead atoms. The molecule has 10 nitrogen and oxygen atoms in total. The molecule has 2 unspecified atom stereocenters. The van der Waals surface area contributed by atoms with Crippen molar-refractivity contribution in [2.75, 3.05) is 20.8 Å². The van der Waals surface area contributed by atoms with Crippen LogP contribution in [-0.4, -0.2) is 89.5 Å². The van der Waals surface area contributed by atoms with Crippen LogP contribution in [0.3, 0.4) is 0 Å². The first-order valence-electron chi connectivity index (χ1n) is 18.3. The zero-order valence-corrected chi connectivity index (χ0v) is 30.0. The van der Waals surface area contributed by atoms with E-state index in [9.17, 15) is 29.4 Å². The van der Waals surface area contributed by atoms with Crippen molar-refractivity contribution >= 4 is 23.4 Å². The van der Waals surface area contributed by atoms with E-state index in [-0.39, 0.29) is 31.1 Å². The monoisotopic (exact) mass is 675 g/mol. The Morgan fingerprint density at radius 1 is 0.917 bits per heavy atom. The number of likely N-dealkylation sites (tertiary alicyclic amines) is 1. The molecule has 2 aliphatic heterocycles. The Morgan fingerprint density at radius 2 is 1.62 bits per heavy atom. The van der Waals surface area contributed by atoms with Crippen molar-refractivity contribution in [2.45, 2.75) is 160 Å². The molecule has 0 spiro atoms. The van der Waals surface area contributed by atoms with E-state index in [4.69, 9.17) is 14.2 Å². The van der Waals surface area contributed by atoms with E-state index in [0.29, 0.717) is 44.1 Å². The lowest BCUT2D eigenvalue weighted by molar-refractivity contribution is -0.259. The highest BCUT2D eigenvalue weighted by Gasteiger charge is 2.54. The summed E-state index contributed by atoms with van der Waals surface area (Å²) < 4.78 is 17.0. The van der Waals surface area contributed by atoms with Gasteiger partial charge in [0.05, 0.1) is 12.2 Å². The fourth-order valence-electron chi connectivity index (χ4n) is 7.66. The van der Waals surface area contributed by atoms with Gasteiger partial charge in [-0.05, 0) is 110 Å². The Hall–Kier alpha value is -2.40. The Morgan fingerprint density at radius 3 is 2.33 bits per heavy atom. The van der Waals surface area contributed by atoms with E-state index in [2.05, 4.69) is 13.0 Å². The highest BCUT2D eigenvalue weighted by molar-refractivity contribution is 6.39. The van der Waals surface area contributed by atoms with Gasteiger partial charge in [0, 0.05) is 39.5 Å². The number of Topliss-reactive ketones (excluding diaryl/α,β-unsaturated/α-hetero) is 2. The van der Waals surface area contributed by atoms with Gasteiger partial charge in [-0.1, -0.05) is 36.1 Å². The third kappa shape index (κ3) is 11.6. The molecule has 0 aromatic carbocycles. The second kappa shape index (κ2) is 19.7. The fourth-order valence-corrected chi connectivity index (χ4v) is 7.66. The number of allylic oxidation sites excluding steroid dienone is 4. The van der Waals surface area contributed by atoms with E-state index < -0.39 is 41.7 Å². The number of aliphatic carboxylic acids is 1. The summed E-state index contributed by atoms with van der Waals surface area (Å²) >= 11 is 0. The van der Waals surface area contributed by atoms with Crippen LogP contribution in [0.5, 0.6) is 0 Å². The van der Waals surface area contributed by atoms with Gasteiger partial charge >= 0.3 is 5.97 Å². The summed E-state index contributed by atoms with van der Waals surface area (Å²) in [6.45, 7) is 5.96. The summed E-state index contributed by atoms with van der Waals surface area (Å²) in [6, 6.07) is -1.07. The van der Waals surface area contributed by atoms with Crippen molar-refractivity contribution in [1.82, 2.24) is 4.90 Å². The maximum Gasteiger partial charge on any atom is 0.326 e. The number of ketones is 2. The first-order valence-corrected chi connectivity index (χ1v) is 18.3. The molecule has 3 aliphatic rings. The number of carboxylic acid groups (broad SMARTS) is 1.